The van der Waals surface area contributed by atoms with Gasteiger partial charge < -0.3 is 15.1 Å². The Labute approximate surface area is 168 Å². The van der Waals surface area contributed by atoms with Crippen molar-refractivity contribution in [2.45, 2.75) is 0 Å². The van der Waals surface area contributed by atoms with E-state index in [-0.39, 0.29) is 10.7 Å². The van der Waals surface area contributed by atoms with Crippen LogP contribution in [-0.2, 0) is 0 Å². The minimum atomic E-state index is -0.478. The molecule has 0 aliphatic carbocycles. The number of thiocarbonyl (C=S) groups is 1. The summed E-state index contributed by atoms with van der Waals surface area (Å²) in [5.41, 5.74) is 1.77. The summed E-state index contributed by atoms with van der Waals surface area (Å²) in [4.78, 5) is 16.7. The summed E-state index contributed by atoms with van der Waals surface area (Å²) in [6.45, 7) is 3.56. The molecule has 0 bridgehead atoms. The molecule has 8 heteroatoms. The van der Waals surface area contributed by atoms with Gasteiger partial charge in [0.2, 0.25) is 0 Å². The van der Waals surface area contributed by atoms with Gasteiger partial charge in [-0.3, -0.25) is 10.1 Å². The highest BCUT2D eigenvalue weighted by Crippen LogP contribution is 2.34. The van der Waals surface area contributed by atoms with Crippen LogP contribution >= 0.6 is 23.8 Å². The van der Waals surface area contributed by atoms with Gasteiger partial charge in [0.05, 0.1) is 16.4 Å². The molecule has 0 unspecified atom stereocenters. The number of nitrogens with one attached hydrogen (secondary N) is 2. The van der Waals surface area contributed by atoms with Crippen LogP contribution in [0.4, 0.5) is 15.8 Å². The molecule has 27 heavy (non-hydrogen) atoms. The maximum absolute atomic E-state index is 13.3. The molecular weight excluding hydrogens is 387 g/mol. The maximum atomic E-state index is 13.3. The molecule has 0 saturated carbocycles. The molecular formula is C19H20ClFN4OS. The van der Waals surface area contributed by atoms with Crippen LogP contribution in [0.2, 0.25) is 5.02 Å². The first-order valence-corrected chi connectivity index (χ1v) is 9.32. The maximum Gasteiger partial charge on any atom is 0.257 e. The number of anilines is 2. The van der Waals surface area contributed by atoms with Crippen molar-refractivity contribution in [1.82, 2.24) is 10.2 Å². The Morgan fingerprint density at radius 2 is 1.85 bits per heavy atom. The molecule has 1 aliphatic rings. The second kappa shape index (κ2) is 8.65. The fourth-order valence-corrected chi connectivity index (χ4v) is 3.42. The summed E-state index contributed by atoms with van der Waals surface area (Å²) in [6.07, 6.45) is 0. The summed E-state index contributed by atoms with van der Waals surface area (Å²) >= 11 is 11.7. The number of amides is 1. The first-order chi connectivity index (χ1) is 12.9. The molecule has 0 spiro atoms. The van der Waals surface area contributed by atoms with Gasteiger partial charge in [-0.25, -0.2) is 4.39 Å². The number of hydrogen-bond acceptors (Lipinski definition) is 4. The van der Waals surface area contributed by atoms with Gasteiger partial charge in [0.15, 0.2) is 5.11 Å². The minimum Gasteiger partial charge on any atom is -0.366 e. The van der Waals surface area contributed by atoms with Gasteiger partial charge in [-0.15, -0.1) is 0 Å². The standard InChI is InChI=1S/C19H20ClFN4OS/c1-24-8-10-25(11-9-24)17-15(20)6-3-7-16(17)22-19(27)23-18(26)13-4-2-5-14(21)12-13/h2-7,12H,8-11H2,1H3,(H2,22,23,26,27). The molecule has 2 N–H and O–H groups in total. The number of benzene rings is 2. The van der Waals surface area contributed by atoms with E-state index < -0.39 is 11.7 Å². The quantitative estimate of drug-likeness (QED) is 0.765. The molecule has 1 saturated heterocycles. The third-order valence-electron chi connectivity index (χ3n) is 4.37. The van der Waals surface area contributed by atoms with Crippen LogP contribution in [-0.4, -0.2) is 49.1 Å². The van der Waals surface area contributed by atoms with Crippen LogP contribution < -0.4 is 15.5 Å². The van der Waals surface area contributed by atoms with Gasteiger partial charge >= 0.3 is 0 Å². The molecule has 0 atom stereocenters. The SMILES string of the molecule is CN1CCN(c2c(Cl)cccc2NC(=S)NC(=O)c2cccc(F)c2)CC1. The van der Waals surface area contributed by atoms with Crippen LogP contribution in [0.5, 0.6) is 0 Å². The number of carbonyl (C=O) groups excluding carboxylic acids is 1. The van der Waals surface area contributed by atoms with Crippen LogP contribution in [0.3, 0.4) is 0 Å². The number of halogens is 2. The van der Waals surface area contributed by atoms with Gasteiger partial charge in [0, 0.05) is 31.7 Å². The number of nitrogens with zero attached hydrogens (tertiary/aromatic N) is 2. The van der Waals surface area contributed by atoms with Crippen molar-refractivity contribution in [3.8, 4) is 0 Å². The zero-order chi connectivity index (χ0) is 19.4. The normalized spacial score (nSPS) is 14.7. The molecule has 2 aromatic rings. The smallest absolute Gasteiger partial charge is 0.257 e. The lowest BCUT2D eigenvalue weighted by Crippen LogP contribution is -2.45. The minimum absolute atomic E-state index is 0.127. The van der Waals surface area contributed by atoms with Crippen molar-refractivity contribution in [2.75, 3.05) is 43.4 Å². The molecule has 5 nitrogen and oxygen atoms in total. The topological polar surface area (TPSA) is 47.6 Å². The van der Waals surface area contributed by atoms with Gasteiger partial charge in [-0.1, -0.05) is 23.7 Å². The Bertz CT molecular complexity index is 855. The number of carbonyl (C=O) groups is 1. The third kappa shape index (κ3) is 4.94. The Balaban J connectivity index is 1.72. The predicted molar refractivity (Wildman–Crippen MR) is 111 cm³/mol. The van der Waals surface area contributed by atoms with E-state index in [1.165, 1.54) is 18.2 Å². The molecule has 1 aliphatic heterocycles. The number of para-hydroxylation sites is 1. The van der Waals surface area contributed by atoms with Gasteiger partial charge in [0.1, 0.15) is 5.82 Å². The fourth-order valence-electron chi connectivity index (χ4n) is 2.93. The molecule has 0 radical (unpaired) electrons. The van der Waals surface area contributed by atoms with E-state index in [4.69, 9.17) is 23.8 Å². The van der Waals surface area contributed by atoms with Gasteiger partial charge in [-0.2, -0.15) is 0 Å². The average molecular weight is 407 g/mol. The van der Waals surface area contributed by atoms with E-state index in [9.17, 15) is 9.18 Å². The van der Waals surface area contributed by atoms with Crippen LogP contribution in [0, 0.1) is 5.82 Å². The van der Waals surface area contributed by atoms with E-state index in [1.807, 2.05) is 18.2 Å². The van der Waals surface area contributed by atoms with Gasteiger partial charge in [-0.05, 0) is 49.6 Å². The van der Waals surface area contributed by atoms with Crippen molar-refractivity contribution >= 4 is 46.2 Å². The molecule has 2 aromatic carbocycles. The van der Waals surface area contributed by atoms with Crippen LogP contribution in [0.15, 0.2) is 42.5 Å². The third-order valence-corrected chi connectivity index (χ3v) is 4.88. The van der Waals surface area contributed by atoms with Crippen LogP contribution in [0.25, 0.3) is 0 Å². The molecule has 1 heterocycles. The highest BCUT2D eigenvalue weighted by atomic mass is 35.5. The molecule has 1 fully saturated rings. The van der Waals surface area contributed by atoms with E-state index in [1.54, 1.807) is 0 Å². The monoisotopic (exact) mass is 406 g/mol. The first kappa shape index (κ1) is 19.5. The average Bonchev–Trinajstić information content (AvgIpc) is 2.63. The Hall–Kier alpha value is -2.22. The summed E-state index contributed by atoms with van der Waals surface area (Å²) < 4.78 is 13.3. The zero-order valence-corrected chi connectivity index (χ0v) is 16.4. The van der Waals surface area contributed by atoms with Crippen LogP contribution in [0.1, 0.15) is 10.4 Å². The second-order valence-electron chi connectivity index (χ2n) is 6.34. The highest BCUT2D eigenvalue weighted by Gasteiger charge is 2.20. The first-order valence-electron chi connectivity index (χ1n) is 8.54. The highest BCUT2D eigenvalue weighted by molar-refractivity contribution is 7.80. The van der Waals surface area contributed by atoms with Crippen molar-refractivity contribution < 1.29 is 9.18 Å². The molecule has 0 aromatic heterocycles. The largest absolute Gasteiger partial charge is 0.366 e. The lowest BCUT2D eigenvalue weighted by Gasteiger charge is -2.35. The predicted octanol–water partition coefficient (Wildman–Crippen LogP) is 3.36. The zero-order valence-electron chi connectivity index (χ0n) is 14.8. The van der Waals surface area contributed by atoms with E-state index in [0.717, 1.165) is 43.6 Å². The number of piperazine rings is 1. The van der Waals surface area contributed by atoms with E-state index >= 15 is 0 Å². The lowest BCUT2D eigenvalue weighted by molar-refractivity contribution is 0.0977. The molecule has 3 rings (SSSR count). The summed E-state index contributed by atoms with van der Waals surface area (Å²) in [6, 6.07) is 10.9. The van der Waals surface area contributed by atoms with Gasteiger partial charge in [0.25, 0.3) is 5.91 Å². The second-order valence-corrected chi connectivity index (χ2v) is 7.16. The summed E-state index contributed by atoms with van der Waals surface area (Å²) in [7, 11) is 2.08. The number of rotatable bonds is 3. The Morgan fingerprint density at radius 1 is 1.15 bits per heavy atom. The van der Waals surface area contributed by atoms with E-state index in [0.29, 0.717) is 5.02 Å². The fraction of sp³-hybridized carbons (Fsp3) is 0.263. The van der Waals surface area contributed by atoms with Crippen molar-refractivity contribution in [1.29, 1.82) is 0 Å². The van der Waals surface area contributed by atoms with E-state index in [2.05, 4.69) is 27.5 Å². The molecule has 1 amide bonds. The Kier molecular flexibility index (Phi) is 6.26. The Morgan fingerprint density at radius 3 is 2.56 bits per heavy atom. The molecule has 142 valence electrons. The number of likely N-dealkylation sites (N-methyl/N-ethyl adjacent to an activating group) is 1. The number of hydrogen-bond donors (Lipinski definition) is 2. The summed E-state index contributed by atoms with van der Waals surface area (Å²) in [5.74, 6) is -0.955. The summed E-state index contributed by atoms with van der Waals surface area (Å²) in [5, 5.41) is 6.36. The van der Waals surface area contributed by atoms with Crippen molar-refractivity contribution in [3.05, 3.63) is 58.9 Å². The lowest BCUT2D eigenvalue weighted by atomic mass is 10.2. The van der Waals surface area contributed by atoms with Crippen molar-refractivity contribution in [2.24, 2.45) is 0 Å². The van der Waals surface area contributed by atoms with Crippen molar-refractivity contribution in [3.63, 3.8) is 0 Å².